The third kappa shape index (κ3) is 3.72. The van der Waals surface area contributed by atoms with E-state index in [1.54, 1.807) is 0 Å². The van der Waals surface area contributed by atoms with Gasteiger partial charge in [-0.3, -0.25) is 9.59 Å². The van der Waals surface area contributed by atoms with Gasteiger partial charge < -0.3 is 14.6 Å². The molecule has 1 heterocycles. The van der Waals surface area contributed by atoms with Crippen molar-refractivity contribution in [3.8, 4) is 0 Å². The summed E-state index contributed by atoms with van der Waals surface area (Å²) in [6, 6.07) is 0. The van der Waals surface area contributed by atoms with Gasteiger partial charge in [0.2, 0.25) is 0 Å². The summed E-state index contributed by atoms with van der Waals surface area (Å²) in [4.78, 5) is 23.5. The highest BCUT2D eigenvalue weighted by Crippen LogP contribution is 2.78. The van der Waals surface area contributed by atoms with Crippen molar-refractivity contribution in [1.29, 1.82) is 0 Å². The van der Waals surface area contributed by atoms with Gasteiger partial charge in [-0.1, -0.05) is 48.5 Å². The Labute approximate surface area is 236 Å². The number of hydrogen-bond donors (Lipinski definition) is 1. The molecule has 1 saturated heterocycles. The van der Waals surface area contributed by atoms with Crippen LogP contribution in [-0.4, -0.2) is 35.9 Å². The molecule has 2 bridgehead atoms. The molecule has 0 spiro atoms. The van der Waals surface area contributed by atoms with Crippen LogP contribution in [0.25, 0.3) is 0 Å². The molecule has 10 atom stereocenters. The topological polar surface area (TPSA) is 72.8 Å². The Morgan fingerprint density at radius 1 is 0.795 bits per heavy atom. The van der Waals surface area contributed by atoms with Crippen LogP contribution < -0.4 is 0 Å². The fourth-order valence-corrected chi connectivity index (χ4v) is 12.6. The minimum absolute atomic E-state index is 0.0333. The maximum atomic E-state index is 12.5. The van der Waals surface area contributed by atoms with Crippen LogP contribution in [0.3, 0.4) is 0 Å². The Bertz CT molecular complexity index is 1030. The normalized spacial score (nSPS) is 51.1. The third-order valence-electron chi connectivity index (χ3n) is 14.9. The predicted octanol–water partition coefficient (Wildman–Crippen LogP) is 7.65. The fraction of sp³-hybridized carbons (Fsp3) is 0.941. The van der Waals surface area contributed by atoms with Crippen molar-refractivity contribution in [1.82, 2.24) is 0 Å². The number of ether oxygens (including phenoxy) is 2. The zero-order valence-electron chi connectivity index (χ0n) is 25.7. The van der Waals surface area contributed by atoms with Crippen LogP contribution in [-0.2, 0) is 19.1 Å². The van der Waals surface area contributed by atoms with Crippen molar-refractivity contribution >= 4 is 11.9 Å². The molecule has 6 fully saturated rings. The molecule has 1 N–H and O–H groups in total. The molecule has 0 unspecified atom stereocenters. The molecule has 39 heavy (non-hydrogen) atoms. The van der Waals surface area contributed by atoms with Crippen LogP contribution in [0.15, 0.2) is 0 Å². The van der Waals surface area contributed by atoms with Gasteiger partial charge in [0.25, 0.3) is 0 Å². The molecule has 0 aromatic rings. The van der Waals surface area contributed by atoms with Crippen molar-refractivity contribution in [2.75, 3.05) is 6.61 Å². The Kier molecular flexibility index (Phi) is 6.26. The minimum atomic E-state index is -0.942. The smallest absolute Gasteiger partial charge is 0.306 e. The summed E-state index contributed by atoms with van der Waals surface area (Å²) < 4.78 is 12.7. The molecule has 0 amide bonds. The molecule has 6 aliphatic rings. The van der Waals surface area contributed by atoms with E-state index in [0.29, 0.717) is 34.2 Å². The summed E-state index contributed by atoms with van der Waals surface area (Å²) >= 11 is 0. The molecular formula is C34H54O5. The van der Waals surface area contributed by atoms with Gasteiger partial charge in [0, 0.05) is 5.41 Å². The van der Waals surface area contributed by atoms with Crippen LogP contribution in [0.5, 0.6) is 0 Å². The van der Waals surface area contributed by atoms with Crippen molar-refractivity contribution in [2.24, 2.45) is 56.2 Å². The molecule has 0 aromatic heterocycles. The van der Waals surface area contributed by atoms with E-state index in [-0.39, 0.29) is 41.2 Å². The second-order valence-electron chi connectivity index (χ2n) is 17.0. The number of rotatable bonds is 4. The lowest BCUT2D eigenvalue weighted by molar-refractivity contribution is -0.254. The number of carboxylic acids is 1. The average molecular weight is 543 g/mol. The molecule has 5 nitrogen and oxygen atoms in total. The van der Waals surface area contributed by atoms with Crippen molar-refractivity contribution in [2.45, 2.75) is 138 Å². The molecule has 5 saturated carbocycles. The van der Waals surface area contributed by atoms with Gasteiger partial charge >= 0.3 is 11.9 Å². The zero-order valence-corrected chi connectivity index (χ0v) is 25.7. The zero-order chi connectivity index (χ0) is 28.2. The number of carbonyl (C=O) groups is 2. The largest absolute Gasteiger partial charge is 0.481 e. The Morgan fingerprint density at radius 2 is 1.51 bits per heavy atom. The highest BCUT2D eigenvalue weighted by Gasteiger charge is 2.72. The molecule has 5 aliphatic carbocycles. The second-order valence-corrected chi connectivity index (χ2v) is 17.0. The van der Waals surface area contributed by atoms with E-state index in [4.69, 9.17) is 14.6 Å². The number of aliphatic carboxylic acids is 1. The van der Waals surface area contributed by atoms with Gasteiger partial charge in [-0.25, -0.2) is 0 Å². The Hall–Kier alpha value is -1.10. The summed E-state index contributed by atoms with van der Waals surface area (Å²) in [6.07, 6.45) is 12.6. The summed E-state index contributed by atoms with van der Waals surface area (Å²) in [6.45, 7) is 18.6. The third-order valence-corrected chi connectivity index (χ3v) is 14.9. The standard InChI is InChI=1S/C34H54O5/c1-29(2)16-18-34-19-17-32(6)21(27(34)28(29)38-20-34)8-9-23-31(5)14-13-24(39-26(37)11-10-25(35)36)30(3,4)22(31)12-15-33(23,32)7/h21-24,27-28H,8-20H2,1-7H3,(H,35,36)/t21-,22-,23-,24+,27+,28-,31+,32-,33-,34+/m1/s1. The highest BCUT2D eigenvalue weighted by atomic mass is 16.5. The van der Waals surface area contributed by atoms with Crippen molar-refractivity contribution < 1.29 is 24.2 Å². The lowest BCUT2D eigenvalue weighted by Gasteiger charge is -2.73. The average Bonchev–Trinajstić information content (AvgIpc) is 3.19. The number of hydrogen-bond acceptors (Lipinski definition) is 4. The lowest BCUT2D eigenvalue weighted by Crippen LogP contribution is -2.67. The molecule has 6 rings (SSSR count). The van der Waals surface area contributed by atoms with Crippen molar-refractivity contribution in [3.05, 3.63) is 0 Å². The SMILES string of the molecule is CC1(C)CC[C@@]23CC[C@]4(C)[C@H](CC[C@@H]5[C@@]6(C)CC[C@H](OC(=O)CCC(=O)O)C(C)(C)[C@H]6CC[C@]54C)[C@H]2[C@H]1OC3. The summed E-state index contributed by atoms with van der Waals surface area (Å²) in [5.41, 5.74) is 1.52. The van der Waals surface area contributed by atoms with Gasteiger partial charge in [-0.15, -0.1) is 0 Å². The van der Waals surface area contributed by atoms with Gasteiger partial charge in [0.05, 0.1) is 25.6 Å². The first-order chi connectivity index (χ1) is 18.1. The van der Waals surface area contributed by atoms with Crippen LogP contribution in [0, 0.1) is 56.2 Å². The van der Waals surface area contributed by atoms with E-state index >= 15 is 0 Å². The number of esters is 1. The van der Waals surface area contributed by atoms with Crippen LogP contribution in [0.2, 0.25) is 0 Å². The predicted molar refractivity (Wildman–Crippen MR) is 151 cm³/mol. The monoisotopic (exact) mass is 542 g/mol. The second kappa shape index (κ2) is 8.71. The first-order valence-electron chi connectivity index (χ1n) is 16.1. The minimum Gasteiger partial charge on any atom is -0.481 e. The van der Waals surface area contributed by atoms with Gasteiger partial charge in [-0.05, 0) is 115 Å². The Morgan fingerprint density at radius 3 is 2.23 bits per heavy atom. The highest BCUT2D eigenvalue weighted by molar-refractivity contribution is 5.76. The van der Waals surface area contributed by atoms with E-state index < -0.39 is 5.97 Å². The number of carboxylic acid groups (broad SMARTS) is 1. The van der Waals surface area contributed by atoms with E-state index in [1.165, 1.54) is 51.4 Å². The summed E-state index contributed by atoms with van der Waals surface area (Å²) in [7, 11) is 0. The lowest BCUT2D eigenvalue weighted by atomic mass is 9.31. The van der Waals surface area contributed by atoms with Crippen LogP contribution in [0.1, 0.15) is 126 Å². The van der Waals surface area contributed by atoms with E-state index in [1.807, 2.05) is 0 Å². The molecule has 0 radical (unpaired) electrons. The quantitative estimate of drug-likeness (QED) is 0.369. The molecular weight excluding hydrogens is 488 g/mol. The van der Waals surface area contributed by atoms with Gasteiger partial charge in [0.15, 0.2) is 0 Å². The molecule has 1 aliphatic heterocycles. The Balaban J connectivity index is 1.27. The van der Waals surface area contributed by atoms with Gasteiger partial charge in [-0.2, -0.15) is 0 Å². The number of fused-ring (bicyclic) bond motifs is 5. The molecule has 0 aromatic carbocycles. The fourth-order valence-electron chi connectivity index (χ4n) is 12.6. The summed E-state index contributed by atoms with van der Waals surface area (Å²) in [5.74, 6) is 1.40. The van der Waals surface area contributed by atoms with E-state index in [2.05, 4.69) is 48.5 Å². The summed E-state index contributed by atoms with van der Waals surface area (Å²) in [5, 5.41) is 9.00. The number of carbonyl (C=O) groups excluding carboxylic acids is 1. The maximum absolute atomic E-state index is 12.5. The van der Waals surface area contributed by atoms with E-state index in [9.17, 15) is 9.59 Å². The van der Waals surface area contributed by atoms with Crippen LogP contribution >= 0.6 is 0 Å². The van der Waals surface area contributed by atoms with Crippen molar-refractivity contribution in [3.63, 3.8) is 0 Å². The van der Waals surface area contributed by atoms with E-state index in [0.717, 1.165) is 31.3 Å². The first-order valence-corrected chi connectivity index (χ1v) is 16.1. The van der Waals surface area contributed by atoms with Gasteiger partial charge in [0.1, 0.15) is 6.10 Å². The molecule has 220 valence electrons. The first kappa shape index (κ1) is 28.0. The van der Waals surface area contributed by atoms with Crippen LogP contribution in [0.4, 0.5) is 0 Å². The maximum Gasteiger partial charge on any atom is 0.306 e. The molecule has 5 heteroatoms.